The maximum atomic E-state index is 2.45. The summed E-state index contributed by atoms with van der Waals surface area (Å²) in [6, 6.07) is 37.2. The number of benzene rings is 5. The predicted molar refractivity (Wildman–Crippen MR) is 131 cm³/mol. The molecule has 0 bridgehead atoms. The topological polar surface area (TPSA) is 4.93 Å². The number of thiophene rings is 1. The van der Waals surface area contributed by atoms with Crippen LogP contribution in [0.4, 0.5) is 0 Å². The summed E-state index contributed by atoms with van der Waals surface area (Å²) >= 11 is 1.93. The lowest BCUT2D eigenvalue weighted by Crippen LogP contribution is -1.93. The summed E-state index contributed by atoms with van der Waals surface area (Å²) in [5.41, 5.74) is 3.80. The first-order valence-corrected chi connectivity index (χ1v) is 11.0. The molecule has 0 aliphatic rings. The molecular formula is C28H17NS. The van der Waals surface area contributed by atoms with Gasteiger partial charge < -0.3 is 4.57 Å². The van der Waals surface area contributed by atoms with Gasteiger partial charge in [0.15, 0.2) is 0 Å². The second kappa shape index (κ2) is 5.94. The van der Waals surface area contributed by atoms with E-state index in [9.17, 15) is 0 Å². The molecule has 0 N–H and O–H groups in total. The number of nitrogens with zero attached hydrogens (tertiary/aromatic N) is 1. The highest BCUT2D eigenvalue weighted by molar-refractivity contribution is 7.27. The van der Waals surface area contributed by atoms with Crippen molar-refractivity contribution < 1.29 is 0 Å². The molecule has 0 saturated carbocycles. The Kier molecular flexibility index (Phi) is 3.21. The zero-order valence-electron chi connectivity index (χ0n) is 16.2. The zero-order chi connectivity index (χ0) is 19.7. The standard InChI is InChI=1S/C28H17NS/c1-2-10-18(11-3-1)29-24-17-9-8-16-23(24)28-26(29)25-21-14-6-4-12-19(21)20-13-5-7-15-22(20)27(25)30-28/h1-17H. The Morgan fingerprint density at radius 2 is 1.03 bits per heavy atom. The lowest BCUT2D eigenvalue weighted by atomic mass is 9.98. The van der Waals surface area contributed by atoms with Crippen LogP contribution in [0, 0.1) is 0 Å². The first-order valence-electron chi connectivity index (χ1n) is 10.2. The summed E-state index contributed by atoms with van der Waals surface area (Å²) in [7, 11) is 0. The van der Waals surface area contributed by atoms with Crippen LogP contribution in [-0.4, -0.2) is 4.57 Å². The summed E-state index contributed by atoms with van der Waals surface area (Å²) in [6.45, 7) is 0. The fraction of sp³-hybridized carbons (Fsp3) is 0. The molecule has 0 atom stereocenters. The molecule has 30 heavy (non-hydrogen) atoms. The molecule has 0 aliphatic carbocycles. The number of aromatic nitrogens is 1. The van der Waals surface area contributed by atoms with Gasteiger partial charge in [0, 0.05) is 26.5 Å². The molecular weight excluding hydrogens is 382 g/mol. The van der Waals surface area contributed by atoms with Gasteiger partial charge >= 0.3 is 0 Å². The molecule has 0 aliphatic heterocycles. The van der Waals surface area contributed by atoms with Gasteiger partial charge in [0.2, 0.25) is 0 Å². The number of hydrogen-bond donors (Lipinski definition) is 0. The van der Waals surface area contributed by atoms with Crippen LogP contribution in [-0.2, 0) is 0 Å². The third-order valence-electron chi connectivity index (χ3n) is 6.17. The highest BCUT2D eigenvalue weighted by Crippen LogP contribution is 2.47. The Bertz CT molecular complexity index is 1740. The molecule has 0 fully saturated rings. The molecule has 0 unspecified atom stereocenters. The Hall–Kier alpha value is -3.62. The van der Waals surface area contributed by atoms with Gasteiger partial charge in [-0.2, -0.15) is 0 Å². The fourth-order valence-corrected chi connectivity index (χ4v) is 6.31. The van der Waals surface area contributed by atoms with Crippen LogP contribution in [0.25, 0.3) is 58.4 Å². The van der Waals surface area contributed by atoms with E-state index in [4.69, 9.17) is 0 Å². The fourth-order valence-electron chi connectivity index (χ4n) is 4.94. The lowest BCUT2D eigenvalue weighted by Gasteiger charge is -2.10. The minimum Gasteiger partial charge on any atom is -0.308 e. The monoisotopic (exact) mass is 399 g/mol. The van der Waals surface area contributed by atoms with Crippen LogP contribution in [0.2, 0.25) is 0 Å². The van der Waals surface area contributed by atoms with Gasteiger partial charge in [0.05, 0.1) is 15.7 Å². The maximum absolute atomic E-state index is 2.45. The van der Waals surface area contributed by atoms with Crippen molar-refractivity contribution in [3.05, 3.63) is 103 Å². The number of para-hydroxylation sites is 2. The Labute approximate surface area is 177 Å². The smallest absolute Gasteiger partial charge is 0.0734 e. The van der Waals surface area contributed by atoms with E-state index in [1.54, 1.807) is 0 Å². The van der Waals surface area contributed by atoms with E-state index in [1.165, 1.54) is 58.4 Å². The van der Waals surface area contributed by atoms with Gasteiger partial charge in [-0.05, 0) is 34.4 Å². The second-order valence-electron chi connectivity index (χ2n) is 7.76. The average molecular weight is 400 g/mol. The van der Waals surface area contributed by atoms with E-state index in [1.807, 2.05) is 11.3 Å². The molecule has 5 aromatic carbocycles. The number of rotatable bonds is 1. The normalized spacial score (nSPS) is 12.0. The van der Waals surface area contributed by atoms with Crippen molar-refractivity contribution >= 4 is 64.1 Å². The third-order valence-corrected chi connectivity index (χ3v) is 7.41. The van der Waals surface area contributed by atoms with Gasteiger partial charge in [-0.3, -0.25) is 0 Å². The van der Waals surface area contributed by atoms with Crippen LogP contribution in [0.1, 0.15) is 0 Å². The van der Waals surface area contributed by atoms with Crippen molar-refractivity contribution in [2.45, 2.75) is 0 Å². The average Bonchev–Trinajstić information content (AvgIpc) is 3.35. The first kappa shape index (κ1) is 16.2. The van der Waals surface area contributed by atoms with Gasteiger partial charge in [-0.25, -0.2) is 0 Å². The molecule has 2 heterocycles. The molecule has 0 radical (unpaired) electrons. The van der Waals surface area contributed by atoms with E-state index in [2.05, 4.69) is 108 Å². The van der Waals surface area contributed by atoms with E-state index in [-0.39, 0.29) is 0 Å². The van der Waals surface area contributed by atoms with Crippen LogP contribution in [0.15, 0.2) is 103 Å². The van der Waals surface area contributed by atoms with Crippen molar-refractivity contribution in [1.29, 1.82) is 0 Å². The molecule has 7 rings (SSSR count). The zero-order valence-corrected chi connectivity index (χ0v) is 17.0. The SMILES string of the molecule is c1ccc(-n2c3ccccc3c3sc4c5ccccc5c5ccccc5c4c32)cc1. The summed E-state index contributed by atoms with van der Waals surface area (Å²) in [6.07, 6.45) is 0. The summed E-state index contributed by atoms with van der Waals surface area (Å²) < 4.78 is 5.20. The highest BCUT2D eigenvalue weighted by Gasteiger charge is 2.20. The van der Waals surface area contributed by atoms with E-state index >= 15 is 0 Å². The summed E-state index contributed by atoms with van der Waals surface area (Å²) in [4.78, 5) is 0. The van der Waals surface area contributed by atoms with E-state index < -0.39 is 0 Å². The van der Waals surface area contributed by atoms with Crippen molar-refractivity contribution in [1.82, 2.24) is 4.57 Å². The van der Waals surface area contributed by atoms with Crippen molar-refractivity contribution in [3.63, 3.8) is 0 Å². The lowest BCUT2D eigenvalue weighted by molar-refractivity contribution is 1.19. The summed E-state index contributed by atoms with van der Waals surface area (Å²) in [5, 5.41) is 8.02. The first-order chi connectivity index (χ1) is 14.9. The predicted octanol–water partition coefficient (Wildman–Crippen LogP) is 8.30. The van der Waals surface area contributed by atoms with Crippen LogP contribution >= 0.6 is 11.3 Å². The van der Waals surface area contributed by atoms with Gasteiger partial charge in [0.1, 0.15) is 0 Å². The minimum atomic E-state index is 1.21. The van der Waals surface area contributed by atoms with Crippen LogP contribution < -0.4 is 0 Å². The number of fused-ring (bicyclic) bond motifs is 10. The Morgan fingerprint density at radius 1 is 0.467 bits per heavy atom. The molecule has 0 spiro atoms. The van der Waals surface area contributed by atoms with Crippen LogP contribution in [0.5, 0.6) is 0 Å². The van der Waals surface area contributed by atoms with E-state index in [0.29, 0.717) is 0 Å². The largest absolute Gasteiger partial charge is 0.308 e. The maximum Gasteiger partial charge on any atom is 0.0734 e. The summed E-state index contributed by atoms with van der Waals surface area (Å²) in [5.74, 6) is 0. The third kappa shape index (κ3) is 2.01. The second-order valence-corrected chi connectivity index (χ2v) is 8.78. The van der Waals surface area contributed by atoms with Gasteiger partial charge in [-0.1, -0.05) is 84.9 Å². The van der Waals surface area contributed by atoms with E-state index in [0.717, 1.165) is 0 Å². The highest BCUT2D eigenvalue weighted by atomic mass is 32.1. The van der Waals surface area contributed by atoms with Gasteiger partial charge in [0.25, 0.3) is 0 Å². The van der Waals surface area contributed by atoms with Crippen molar-refractivity contribution in [3.8, 4) is 5.69 Å². The Balaban J connectivity index is 1.85. The molecule has 1 nitrogen and oxygen atoms in total. The Morgan fingerprint density at radius 3 is 1.80 bits per heavy atom. The quantitative estimate of drug-likeness (QED) is 0.245. The van der Waals surface area contributed by atoms with Crippen molar-refractivity contribution in [2.24, 2.45) is 0 Å². The molecule has 2 aromatic heterocycles. The minimum absolute atomic E-state index is 1.21. The number of hydrogen-bond acceptors (Lipinski definition) is 1. The molecule has 0 saturated heterocycles. The molecule has 0 amide bonds. The van der Waals surface area contributed by atoms with Crippen LogP contribution in [0.3, 0.4) is 0 Å². The van der Waals surface area contributed by atoms with Gasteiger partial charge in [-0.15, -0.1) is 11.3 Å². The van der Waals surface area contributed by atoms with Crippen molar-refractivity contribution in [2.75, 3.05) is 0 Å². The molecule has 140 valence electrons. The molecule has 7 aromatic rings. The molecule has 2 heteroatoms.